The van der Waals surface area contributed by atoms with Crippen LogP contribution in [0.15, 0.2) is 65.7 Å². The minimum absolute atomic E-state index is 0.174. The predicted octanol–water partition coefficient (Wildman–Crippen LogP) is 3.27. The first kappa shape index (κ1) is 22.6. The molecule has 0 fully saturated rings. The average Bonchev–Trinajstić information content (AvgIpc) is 3.33. The highest BCUT2D eigenvalue weighted by molar-refractivity contribution is 7.71. The third-order valence-corrected chi connectivity index (χ3v) is 5.68. The molecule has 0 saturated heterocycles. The molecule has 2 aromatic heterocycles. The molecule has 4 rings (SSSR count). The molecule has 170 valence electrons. The van der Waals surface area contributed by atoms with Gasteiger partial charge in [0.25, 0.3) is 11.5 Å². The van der Waals surface area contributed by atoms with E-state index in [1.807, 2.05) is 41.2 Å². The number of hydrogen-bond acceptors (Lipinski definition) is 5. The van der Waals surface area contributed by atoms with Crippen LogP contribution >= 0.6 is 12.2 Å². The van der Waals surface area contributed by atoms with Gasteiger partial charge in [0.05, 0.1) is 17.4 Å². The fraction of sp³-hybridized carbons (Fsp3) is 0.250. The zero-order chi connectivity index (χ0) is 23.2. The summed E-state index contributed by atoms with van der Waals surface area (Å²) in [4.78, 5) is 28.6. The van der Waals surface area contributed by atoms with Crippen LogP contribution < -0.4 is 10.9 Å². The molecule has 33 heavy (non-hydrogen) atoms. The number of hydrogen-bond donors (Lipinski definition) is 2. The molecule has 9 heteroatoms. The van der Waals surface area contributed by atoms with Gasteiger partial charge in [-0.25, -0.2) is 0 Å². The quantitative estimate of drug-likeness (QED) is 0.294. The van der Waals surface area contributed by atoms with Gasteiger partial charge in [-0.2, -0.15) is 5.10 Å². The number of aromatic amines is 1. The summed E-state index contributed by atoms with van der Waals surface area (Å²) in [6, 6.07) is 14.9. The fourth-order valence-electron chi connectivity index (χ4n) is 3.59. The number of nitrogens with one attached hydrogen (secondary N) is 2. The molecule has 8 nitrogen and oxygen atoms in total. The first-order valence-electron chi connectivity index (χ1n) is 10.6. The summed E-state index contributed by atoms with van der Waals surface area (Å²) >= 11 is 5.35. The lowest BCUT2D eigenvalue weighted by molar-refractivity contribution is 0.0951. The lowest BCUT2D eigenvalue weighted by atomic mass is 10.1. The zero-order valence-electron chi connectivity index (χ0n) is 18.3. The maximum atomic E-state index is 12.8. The molecule has 0 aliphatic rings. The van der Waals surface area contributed by atoms with Crippen molar-refractivity contribution in [3.63, 3.8) is 0 Å². The molecule has 0 saturated carbocycles. The molecule has 0 atom stereocenters. The van der Waals surface area contributed by atoms with Gasteiger partial charge >= 0.3 is 0 Å². The summed E-state index contributed by atoms with van der Waals surface area (Å²) < 4.78 is 8.75. The van der Waals surface area contributed by atoms with Crippen molar-refractivity contribution < 1.29 is 9.53 Å². The van der Waals surface area contributed by atoms with Crippen LogP contribution in [-0.4, -0.2) is 39.0 Å². The predicted molar refractivity (Wildman–Crippen MR) is 129 cm³/mol. The number of ether oxygens (including phenoxy) is 1. The Morgan fingerprint density at radius 1 is 1.18 bits per heavy atom. The molecule has 1 amide bonds. The standard InChI is InChI=1S/C24H25N5O3S/c1-32-13-3-12-29-23(31)20-9-8-19(14-21(20)27-24(29)33)22(30)25-15-17-4-6-18(7-5-17)16-28-11-2-10-26-28/h2,4-11,14H,3,12-13,15-16H2,1H3,(H,25,30)(H,27,33). The van der Waals surface area contributed by atoms with Crippen LogP contribution in [0.1, 0.15) is 27.9 Å². The summed E-state index contributed by atoms with van der Waals surface area (Å²) in [6.07, 6.45) is 4.35. The van der Waals surface area contributed by atoms with Crippen LogP contribution in [0, 0.1) is 4.77 Å². The van der Waals surface area contributed by atoms with E-state index >= 15 is 0 Å². The number of carbonyl (C=O) groups is 1. The molecular weight excluding hydrogens is 438 g/mol. The van der Waals surface area contributed by atoms with Gasteiger partial charge in [0.15, 0.2) is 4.77 Å². The maximum Gasteiger partial charge on any atom is 0.262 e. The van der Waals surface area contributed by atoms with Crippen LogP contribution in [0.2, 0.25) is 0 Å². The van der Waals surface area contributed by atoms with Gasteiger partial charge in [-0.1, -0.05) is 24.3 Å². The van der Waals surface area contributed by atoms with E-state index in [2.05, 4.69) is 15.4 Å². The van der Waals surface area contributed by atoms with Gasteiger partial charge in [-0.15, -0.1) is 0 Å². The van der Waals surface area contributed by atoms with Gasteiger partial charge < -0.3 is 15.0 Å². The van der Waals surface area contributed by atoms with Gasteiger partial charge in [-0.3, -0.25) is 18.8 Å². The van der Waals surface area contributed by atoms with E-state index in [-0.39, 0.29) is 11.5 Å². The van der Waals surface area contributed by atoms with E-state index in [1.165, 1.54) is 4.57 Å². The summed E-state index contributed by atoms with van der Waals surface area (Å²) in [5.41, 5.74) is 2.95. The number of aromatic nitrogens is 4. The van der Waals surface area contributed by atoms with E-state index in [1.54, 1.807) is 31.5 Å². The van der Waals surface area contributed by atoms with E-state index in [4.69, 9.17) is 17.0 Å². The second kappa shape index (κ2) is 10.4. The molecule has 0 aliphatic heterocycles. The van der Waals surface area contributed by atoms with Gasteiger partial charge in [0.1, 0.15) is 0 Å². The van der Waals surface area contributed by atoms with Crippen molar-refractivity contribution in [3.05, 3.63) is 92.7 Å². The Balaban J connectivity index is 1.43. The highest BCUT2D eigenvalue weighted by atomic mass is 32.1. The van der Waals surface area contributed by atoms with Gasteiger partial charge in [-0.05, 0) is 54.0 Å². The number of amides is 1. The largest absolute Gasteiger partial charge is 0.385 e. The zero-order valence-corrected chi connectivity index (χ0v) is 19.1. The molecule has 2 heterocycles. The fourth-order valence-corrected chi connectivity index (χ4v) is 3.88. The molecule has 0 radical (unpaired) electrons. The second-order valence-corrected chi connectivity index (χ2v) is 8.08. The van der Waals surface area contributed by atoms with Crippen LogP contribution in [0.25, 0.3) is 10.9 Å². The SMILES string of the molecule is COCCCn1c(=S)[nH]c2cc(C(=O)NCc3ccc(Cn4cccn4)cc3)ccc2c1=O. The summed E-state index contributed by atoms with van der Waals surface area (Å²) in [5, 5.41) is 7.62. The third-order valence-electron chi connectivity index (χ3n) is 5.35. The normalized spacial score (nSPS) is 11.1. The van der Waals surface area contributed by atoms with Crippen molar-refractivity contribution in [2.75, 3.05) is 13.7 Å². The Labute approximate surface area is 195 Å². The van der Waals surface area contributed by atoms with Crippen LogP contribution in [0.3, 0.4) is 0 Å². The number of nitrogens with zero attached hydrogens (tertiary/aromatic N) is 3. The molecule has 2 N–H and O–H groups in total. The van der Waals surface area contributed by atoms with Crippen molar-refractivity contribution >= 4 is 29.0 Å². The summed E-state index contributed by atoms with van der Waals surface area (Å²) in [7, 11) is 1.62. The molecule has 0 bridgehead atoms. The topological polar surface area (TPSA) is 93.9 Å². The van der Waals surface area contributed by atoms with E-state index in [0.29, 0.717) is 53.9 Å². The molecule has 2 aromatic carbocycles. The van der Waals surface area contributed by atoms with Crippen LogP contribution in [-0.2, 0) is 24.4 Å². The Kier molecular flexibility index (Phi) is 7.11. The van der Waals surface area contributed by atoms with Crippen molar-refractivity contribution in [1.29, 1.82) is 0 Å². The number of H-pyrrole nitrogens is 1. The molecule has 0 unspecified atom stereocenters. The average molecular weight is 464 g/mol. The van der Waals surface area contributed by atoms with Gasteiger partial charge in [0, 0.05) is 44.8 Å². The molecular formula is C24H25N5O3S. The molecule has 0 spiro atoms. The second-order valence-electron chi connectivity index (χ2n) is 7.70. The van der Waals surface area contributed by atoms with E-state index < -0.39 is 0 Å². The smallest absolute Gasteiger partial charge is 0.262 e. The van der Waals surface area contributed by atoms with E-state index in [0.717, 1.165) is 11.1 Å². The van der Waals surface area contributed by atoms with Crippen LogP contribution in [0.4, 0.5) is 0 Å². The summed E-state index contributed by atoms with van der Waals surface area (Å²) in [6.45, 7) is 2.12. The van der Waals surface area contributed by atoms with Crippen molar-refractivity contribution in [2.24, 2.45) is 0 Å². The lowest BCUT2D eigenvalue weighted by Gasteiger charge is -2.10. The Morgan fingerprint density at radius 3 is 2.70 bits per heavy atom. The monoisotopic (exact) mass is 463 g/mol. The highest BCUT2D eigenvalue weighted by Crippen LogP contribution is 2.12. The first-order chi connectivity index (χ1) is 16.0. The number of methoxy groups -OCH3 is 1. The minimum atomic E-state index is -0.221. The Bertz CT molecular complexity index is 1360. The van der Waals surface area contributed by atoms with Gasteiger partial charge in [0.2, 0.25) is 0 Å². The molecule has 4 aromatic rings. The molecule has 0 aliphatic carbocycles. The number of carbonyl (C=O) groups excluding carboxylic acids is 1. The first-order valence-corrected chi connectivity index (χ1v) is 11.1. The lowest BCUT2D eigenvalue weighted by Crippen LogP contribution is -2.24. The van der Waals surface area contributed by atoms with E-state index in [9.17, 15) is 9.59 Å². The highest BCUT2D eigenvalue weighted by Gasteiger charge is 2.10. The minimum Gasteiger partial charge on any atom is -0.385 e. The number of benzene rings is 2. The Hall–Kier alpha value is -3.56. The third kappa shape index (κ3) is 5.44. The van der Waals surface area contributed by atoms with Crippen molar-refractivity contribution in [3.8, 4) is 0 Å². The number of fused-ring (bicyclic) bond motifs is 1. The van der Waals surface area contributed by atoms with Crippen molar-refractivity contribution in [1.82, 2.24) is 24.6 Å². The maximum absolute atomic E-state index is 12.8. The Morgan fingerprint density at radius 2 is 1.97 bits per heavy atom. The van der Waals surface area contributed by atoms with Crippen molar-refractivity contribution in [2.45, 2.75) is 26.1 Å². The summed E-state index contributed by atoms with van der Waals surface area (Å²) in [5.74, 6) is -0.221. The van der Waals surface area contributed by atoms with Crippen LogP contribution in [0.5, 0.6) is 0 Å². The number of rotatable bonds is 9.